The minimum absolute atomic E-state index is 0.111. The Hall–Kier alpha value is -3.11. The van der Waals surface area contributed by atoms with Gasteiger partial charge < -0.3 is 10.1 Å². The van der Waals surface area contributed by atoms with E-state index in [0.29, 0.717) is 18.0 Å². The standard InChI is InChI=1S/C22H22N2O2/c1-26-20-14-8-13-19(15-20)24-22(25)21(18-11-6-3-7-12-18)23-16-17-9-4-2-5-10-17/h2-15,21,23H,16H2,1H3,(H,24,25)/t21-/m0/s1. The highest BCUT2D eigenvalue weighted by atomic mass is 16.5. The Morgan fingerprint density at radius 3 is 2.31 bits per heavy atom. The summed E-state index contributed by atoms with van der Waals surface area (Å²) < 4.78 is 5.22. The summed E-state index contributed by atoms with van der Waals surface area (Å²) in [4.78, 5) is 12.9. The number of anilines is 1. The van der Waals surface area contributed by atoms with Crippen LogP contribution in [-0.2, 0) is 11.3 Å². The molecule has 1 atom stereocenters. The molecule has 1 amide bonds. The summed E-state index contributed by atoms with van der Waals surface area (Å²) in [5.74, 6) is 0.594. The van der Waals surface area contributed by atoms with Crippen molar-refractivity contribution in [2.24, 2.45) is 0 Å². The van der Waals surface area contributed by atoms with Gasteiger partial charge in [0.1, 0.15) is 11.8 Å². The average Bonchev–Trinajstić information content (AvgIpc) is 2.70. The van der Waals surface area contributed by atoms with Crippen LogP contribution in [0, 0.1) is 0 Å². The summed E-state index contributed by atoms with van der Waals surface area (Å²) in [6.07, 6.45) is 0. The predicted octanol–water partition coefficient (Wildman–Crippen LogP) is 4.16. The second-order valence-electron chi connectivity index (χ2n) is 5.93. The molecule has 3 aromatic rings. The van der Waals surface area contributed by atoms with Crippen molar-refractivity contribution in [1.29, 1.82) is 0 Å². The van der Waals surface area contributed by atoms with Crippen LogP contribution in [0.2, 0.25) is 0 Å². The Balaban J connectivity index is 1.76. The van der Waals surface area contributed by atoms with E-state index in [4.69, 9.17) is 4.74 Å². The Morgan fingerprint density at radius 1 is 0.923 bits per heavy atom. The molecule has 2 N–H and O–H groups in total. The largest absolute Gasteiger partial charge is 0.497 e. The maximum atomic E-state index is 12.9. The molecule has 0 aliphatic carbocycles. The van der Waals surface area contributed by atoms with Crippen LogP contribution >= 0.6 is 0 Å². The molecule has 0 fully saturated rings. The molecule has 4 heteroatoms. The van der Waals surface area contributed by atoms with E-state index in [1.165, 1.54) is 0 Å². The van der Waals surface area contributed by atoms with Crippen molar-refractivity contribution in [1.82, 2.24) is 5.32 Å². The van der Waals surface area contributed by atoms with Gasteiger partial charge in [0.05, 0.1) is 7.11 Å². The van der Waals surface area contributed by atoms with Crippen molar-refractivity contribution >= 4 is 11.6 Å². The lowest BCUT2D eigenvalue weighted by Gasteiger charge is -2.19. The van der Waals surface area contributed by atoms with Crippen molar-refractivity contribution in [3.8, 4) is 5.75 Å². The van der Waals surface area contributed by atoms with Gasteiger partial charge in [-0.25, -0.2) is 0 Å². The molecule has 0 bridgehead atoms. The van der Waals surface area contributed by atoms with Gasteiger partial charge in [-0.2, -0.15) is 0 Å². The first-order valence-electron chi connectivity index (χ1n) is 8.53. The van der Waals surface area contributed by atoms with Gasteiger partial charge in [-0.15, -0.1) is 0 Å². The van der Waals surface area contributed by atoms with Crippen molar-refractivity contribution < 1.29 is 9.53 Å². The highest BCUT2D eigenvalue weighted by molar-refractivity contribution is 5.95. The minimum atomic E-state index is -0.456. The zero-order chi connectivity index (χ0) is 18.2. The third-order valence-electron chi connectivity index (χ3n) is 4.09. The van der Waals surface area contributed by atoms with Crippen molar-refractivity contribution in [2.75, 3.05) is 12.4 Å². The van der Waals surface area contributed by atoms with Crippen LogP contribution in [-0.4, -0.2) is 13.0 Å². The summed E-state index contributed by atoms with van der Waals surface area (Å²) in [5.41, 5.74) is 2.75. The number of amides is 1. The Kier molecular flexibility index (Phi) is 6.01. The van der Waals surface area contributed by atoms with Gasteiger partial charge in [0, 0.05) is 18.3 Å². The summed E-state index contributed by atoms with van der Waals surface area (Å²) in [5, 5.41) is 6.33. The van der Waals surface area contributed by atoms with Crippen LogP contribution in [0.4, 0.5) is 5.69 Å². The van der Waals surface area contributed by atoms with E-state index in [0.717, 1.165) is 11.1 Å². The van der Waals surface area contributed by atoms with Gasteiger partial charge in [0.15, 0.2) is 0 Å². The Morgan fingerprint density at radius 2 is 1.62 bits per heavy atom. The molecule has 0 aromatic heterocycles. The number of carbonyl (C=O) groups excluding carboxylic acids is 1. The zero-order valence-corrected chi connectivity index (χ0v) is 14.7. The molecule has 0 spiro atoms. The minimum Gasteiger partial charge on any atom is -0.497 e. The highest BCUT2D eigenvalue weighted by Gasteiger charge is 2.20. The topological polar surface area (TPSA) is 50.4 Å². The third kappa shape index (κ3) is 4.71. The number of ether oxygens (including phenoxy) is 1. The number of methoxy groups -OCH3 is 1. The molecule has 3 rings (SSSR count). The number of hydrogen-bond acceptors (Lipinski definition) is 3. The highest BCUT2D eigenvalue weighted by Crippen LogP contribution is 2.20. The van der Waals surface area contributed by atoms with Gasteiger partial charge >= 0.3 is 0 Å². The summed E-state index contributed by atoms with van der Waals surface area (Å²) in [7, 11) is 1.61. The normalized spacial score (nSPS) is 11.6. The number of benzene rings is 3. The third-order valence-corrected chi connectivity index (χ3v) is 4.09. The van der Waals surface area contributed by atoms with E-state index >= 15 is 0 Å². The summed E-state index contributed by atoms with van der Waals surface area (Å²) in [6.45, 7) is 0.603. The van der Waals surface area contributed by atoms with E-state index in [1.54, 1.807) is 13.2 Å². The number of rotatable bonds is 7. The van der Waals surface area contributed by atoms with Crippen molar-refractivity contribution in [3.63, 3.8) is 0 Å². The monoisotopic (exact) mass is 346 g/mol. The number of nitrogens with one attached hydrogen (secondary N) is 2. The van der Waals surface area contributed by atoms with Gasteiger partial charge in [-0.1, -0.05) is 66.7 Å². The lowest BCUT2D eigenvalue weighted by atomic mass is 10.1. The molecule has 0 aliphatic heterocycles. The van der Waals surface area contributed by atoms with Crippen LogP contribution in [0.5, 0.6) is 5.75 Å². The molecule has 0 heterocycles. The van der Waals surface area contributed by atoms with Gasteiger partial charge in [-0.05, 0) is 23.3 Å². The molecule has 4 nitrogen and oxygen atoms in total. The fourth-order valence-electron chi connectivity index (χ4n) is 2.74. The molecular weight excluding hydrogens is 324 g/mol. The molecule has 26 heavy (non-hydrogen) atoms. The maximum Gasteiger partial charge on any atom is 0.246 e. The molecule has 0 aliphatic rings. The molecule has 3 aromatic carbocycles. The predicted molar refractivity (Wildman–Crippen MR) is 104 cm³/mol. The van der Waals surface area contributed by atoms with E-state index in [1.807, 2.05) is 78.9 Å². The molecule has 0 saturated heterocycles. The van der Waals surface area contributed by atoms with E-state index in [9.17, 15) is 4.79 Å². The summed E-state index contributed by atoms with van der Waals surface area (Å²) >= 11 is 0. The van der Waals surface area contributed by atoms with Gasteiger partial charge in [0.25, 0.3) is 0 Å². The van der Waals surface area contributed by atoms with Crippen molar-refractivity contribution in [2.45, 2.75) is 12.6 Å². The van der Waals surface area contributed by atoms with Gasteiger partial charge in [0.2, 0.25) is 5.91 Å². The Labute approximate surface area is 153 Å². The van der Waals surface area contributed by atoms with Crippen LogP contribution in [0.15, 0.2) is 84.9 Å². The first-order valence-corrected chi connectivity index (χ1v) is 8.53. The van der Waals surface area contributed by atoms with E-state index in [2.05, 4.69) is 10.6 Å². The van der Waals surface area contributed by atoms with Crippen LogP contribution in [0.25, 0.3) is 0 Å². The first-order chi connectivity index (χ1) is 12.8. The number of hydrogen-bond donors (Lipinski definition) is 2. The van der Waals surface area contributed by atoms with Crippen LogP contribution < -0.4 is 15.4 Å². The molecular formula is C22H22N2O2. The smallest absolute Gasteiger partial charge is 0.246 e. The van der Waals surface area contributed by atoms with Crippen LogP contribution in [0.1, 0.15) is 17.2 Å². The zero-order valence-electron chi connectivity index (χ0n) is 14.7. The first kappa shape index (κ1) is 17.7. The molecule has 0 saturated carbocycles. The fourth-order valence-corrected chi connectivity index (χ4v) is 2.74. The Bertz CT molecular complexity index is 835. The number of carbonyl (C=O) groups is 1. The lowest BCUT2D eigenvalue weighted by Crippen LogP contribution is -2.32. The molecule has 0 unspecified atom stereocenters. The van der Waals surface area contributed by atoms with Gasteiger partial charge in [-0.3, -0.25) is 10.1 Å². The summed E-state index contributed by atoms with van der Waals surface area (Å²) in [6, 6.07) is 26.6. The molecule has 0 radical (unpaired) electrons. The van der Waals surface area contributed by atoms with E-state index < -0.39 is 6.04 Å². The second kappa shape index (κ2) is 8.83. The molecule has 132 valence electrons. The fraction of sp³-hybridized carbons (Fsp3) is 0.136. The maximum absolute atomic E-state index is 12.9. The average molecular weight is 346 g/mol. The SMILES string of the molecule is COc1cccc(NC(=O)[C@@H](NCc2ccccc2)c2ccccc2)c1. The van der Waals surface area contributed by atoms with Crippen LogP contribution in [0.3, 0.4) is 0 Å². The lowest BCUT2D eigenvalue weighted by molar-refractivity contribution is -0.118. The second-order valence-corrected chi connectivity index (χ2v) is 5.93. The van der Waals surface area contributed by atoms with Crippen molar-refractivity contribution in [3.05, 3.63) is 96.1 Å². The quantitative estimate of drug-likeness (QED) is 0.675. The van der Waals surface area contributed by atoms with E-state index in [-0.39, 0.29) is 5.91 Å².